The van der Waals surface area contributed by atoms with E-state index in [1.807, 2.05) is 24.3 Å². The summed E-state index contributed by atoms with van der Waals surface area (Å²) in [5, 5.41) is 0. The number of hydrogen-bond acceptors (Lipinski definition) is 4. The smallest absolute Gasteiger partial charge is 0.307 e. The van der Waals surface area contributed by atoms with Gasteiger partial charge in [0.25, 0.3) is 0 Å². The first-order valence-corrected chi connectivity index (χ1v) is 6.69. The zero-order chi connectivity index (χ0) is 13.7. The summed E-state index contributed by atoms with van der Waals surface area (Å²) in [5.74, 6) is 0.585. The van der Waals surface area contributed by atoms with Crippen molar-refractivity contribution in [3.05, 3.63) is 29.8 Å². The van der Waals surface area contributed by atoms with Gasteiger partial charge in [0.1, 0.15) is 12.4 Å². The summed E-state index contributed by atoms with van der Waals surface area (Å²) in [5.41, 5.74) is 6.76. The molecule has 4 heteroatoms. The molecule has 1 saturated carbocycles. The molecule has 0 spiro atoms. The molecular formula is C15H21NO3. The fourth-order valence-corrected chi connectivity index (χ4v) is 2.48. The van der Waals surface area contributed by atoms with Gasteiger partial charge in [-0.25, -0.2) is 0 Å². The Bertz CT molecular complexity index is 422. The predicted molar refractivity (Wildman–Crippen MR) is 72.8 cm³/mol. The number of carbonyl (C=O) groups is 1. The largest absolute Gasteiger partial charge is 0.497 e. The molecule has 0 aromatic heterocycles. The number of ether oxygens (including phenoxy) is 2. The van der Waals surface area contributed by atoms with Gasteiger partial charge in [-0.05, 0) is 30.5 Å². The van der Waals surface area contributed by atoms with Crippen LogP contribution in [0.15, 0.2) is 24.3 Å². The monoisotopic (exact) mass is 263 g/mol. The molecule has 0 radical (unpaired) electrons. The molecule has 0 aliphatic heterocycles. The van der Waals surface area contributed by atoms with Gasteiger partial charge >= 0.3 is 5.97 Å². The minimum atomic E-state index is -0.336. The van der Waals surface area contributed by atoms with E-state index in [1.54, 1.807) is 7.11 Å². The Morgan fingerprint density at radius 2 is 1.89 bits per heavy atom. The van der Waals surface area contributed by atoms with E-state index in [1.165, 1.54) is 0 Å². The van der Waals surface area contributed by atoms with Gasteiger partial charge in [-0.2, -0.15) is 0 Å². The predicted octanol–water partition coefficient (Wildman–Crippen LogP) is 2.40. The topological polar surface area (TPSA) is 61.5 Å². The highest BCUT2D eigenvalue weighted by molar-refractivity contribution is 5.71. The van der Waals surface area contributed by atoms with E-state index < -0.39 is 0 Å². The van der Waals surface area contributed by atoms with E-state index in [9.17, 15) is 4.79 Å². The fraction of sp³-hybridized carbons (Fsp3) is 0.533. The Balaban J connectivity index is 1.79. The van der Waals surface area contributed by atoms with Crippen LogP contribution >= 0.6 is 0 Å². The van der Waals surface area contributed by atoms with Gasteiger partial charge in [0.05, 0.1) is 13.5 Å². The van der Waals surface area contributed by atoms with Gasteiger partial charge in [-0.3, -0.25) is 4.79 Å². The first-order chi connectivity index (χ1) is 9.11. The molecule has 0 bridgehead atoms. The van der Waals surface area contributed by atoms with E-state index in [-0.39, 0.29) is 11.5 Å². The second kappa shape index (κ2) is 6.06. The van der Waals surface area contributed by atoms with Crippen LogP contribution in [0.3, 0.4) is 0 Å². The third-order valence-electron chi connectivity index (χ3n) is 3.65. The molecule has 1 aromatic rings. The lowest BCUT2D eigenvalue weighted by atomic mass is 9.95. The Hall–Kier alpha value is -1.55. The van der Waals surface area contributed by atoms with Crippen LogP contribution in [-0.2, 0) is 16.1 Å². The van der Waals surface area contributed by atoms with Crippen LogP contribution in [0, 0.1) is 0 Å². The van der Waals surface area contributed by atoms with Gasteiger partial charge < -0.3 is 15.2 Å². The summed E-state index contributed by atoms with van der Waals surface area (Å²) in [6.45, 7) is 0.291. The number of hydrogen-bond donors (Lipinski definition) is 1. The van der Waals surface area contributed by atoms with Crippen molar-refractivity contribution >= 4 is 5.97 Å². The standard InChI is InChI=1S/C15H21NO3/c1-18-13-6-4-12(5-7-13)11-19-14(17)10-15(16)8-2-3-9-15/h4-7H,2-3,8-11,16H2,1H3. The van der Waals surface area contributed by atoms with Crippen LogP contribution in [0.5, 0.6) is 5.75 Å². The molecule has 1 aliphatic rings. The second-order valence-electron chi connectivity index (χ2n) is 5.26. The fourth-order valence-electron chi connectivity index (χ4n) is 2.48. The summed E-state index contributed by atoms with van der Waals surface area (Å²) < 4.78 is 10.3. The SMILES string of the molecule is COc1ccc(COC(=O)CC2(N)CCCC2)cc1. The Kier molecular flexibility index (Phi) is 4.43. The van der Waals surface area contributed by atoms with E-state index in [0.29, 0.717) is 13.0 Å². The normalized spacial score (nSPS) is 17.2. The summed E-state index contributed by atoms with van der Waals surface area (Å²) >= 11 is 0. The molecule has 1 aromatic carbocycles. The van der Waals surface area contributed by atoms with E-state index in [0.717, 1.165) is 37.0 Å². The molecule has 2 N–H and O–H groups in total. The molecule has 0 heterocycles. The van der Waals surface area contributed by atoms with E-state index >= 15 is 0 Å². The Morgan fingerprint density at radius 1 is 1.26 bits per heavy atom. The number of carbonyl (C=O) groups excluding carboxylic acids is 1. The molecule has 1 aliphatic carbocycles. The first kappa shape index (κ1) is 13.9. The third-order valence-corrected chi connectivity index (χ3v) is 3.65. The van der Waals surface area contributed by atoms with E-state index in [2.05, 4.69) is 0 Å². The summed E-state index contributed by atoms with van der Waals surface area (Å²) in [6.07, 6.45) is 4.39. The zero-order valence-corrected chi connectivity index (χ0v) is 11.4. The van der Waals surface area contributed by atoms with Crippen LogP contribution in [0.1, 0.15) is 37.7 Å². The molecule has 0 atom stereocenters. The molecular weight excluding hydrogens is 242 g/mol. The molecule has 104 valence electrons. The lowest BCUT2D eigenvalue weighted by Crippen LogP contribution is -2.39. The molecule has 1 fully saturated rings. The van der Waals surface area contributed by atoms with Crippen LogP contribution in [0.25, 0.3) is 0 Å². The first-order valence-electron chi connectivity index (χ1n) is 6.69. The van der Waals surface area contributed by atoms with Crippen molar-refractivity contribution in [3.63, 3.8) is 0 Å². The average Bonchev–Trinajstić information content (AvgIpc) is 2.83. The van der Waals surface area contributed by atoms with Gasteiger partial charge in [-0.15, -0.1) is 0 Å². The summed E-state index contributed by atoms with van der Waals surface area (Å²) in [4.78, 5) is 11.8. The van der Waals surface area contributed by atoms with Gasteiger partial charge in [-0.1, -0.05) is 25.0 Å². The van der Waals surface area contributed by atoms with Gasteiger partial charge in [0, 0.05) is 5.54 Å². The molecule has 0 saturated heterocycles. The molecule has 2 rings (SSSR count). The minimum Gasteiger partial charge on any atom is -0.497 e. The van der Waals surface area contributed by atoms with Crippen LogP contribution in [0.2, 0.25) is 0 Å². The Labute approximate surface area is 113 Å². The van der Waals surface area contributed by atoms with Crippen molar-refractivity contribution in [2.75, 3.05) is 7.11 Å². The van der Waals surface area contributed by atoms with Crippen molar-refractivity contribution < 1.29 is 14.3 Å². The number of nitrogens with two attached hydrogens (primary N) is 1. The highest BCUT2D eigenvalue weighted by Gasteiger charge is 2.32. The van der Waals surface area contributed by atoms with Crippen LogP contribution in [0.4, 0.5) is 0 Å². The molecule has 0 amide bonds. The lowest BCUT2D eigenvalue weighted by Gasteiger charge is -2.21. The average molecular weight is 263 g/mol. The lowest BCUT2D eigenvalue weighted by molar-refractivity contribution is -0.146. The number of esters is 1. The highest BCUT2D eigenvalue weighted by Crippen LogP contribution is 2.30. The van der Waals surface area contributed by atoms with Gasteiger partial charge in [0.2, 0.25) is 0 Å². The van der Waals surface area contributed by atoms with E-state index in [4.69, 9.17) is 15.2 Å². The molecule has 19 heavy (non-hydrogen) atoms. The van der Waals surface area contributed by atoms with Crippen molar-refractivity contribution in [2.45, 2.75) is 44.2 Å². The van der Waals surface area contributed by atoms with Crippen LogP contribution in [-0.4, -0.2) is 18.6 Å². The zero-order valence-electron chi connectivity index (χ0n) is 11.4. The van der Waals surface area contributed by atoms with Crippen molar-refractivity contribution in [1.82, 2.24) is 0 Å². The Morgan fingerprint density at radius 3 is 2.47 bits per heavy atom. The van der Waals surface area contributed by atoms with Crippen molar-refractivity contribution in [1.29, 1.82) is 0 Å². The maximum absolute atomic E-state index is 11.8. The molecule has 0 unspecified atom stereocenters. The van der Waals surface area contributed by atoms with Crippen molar-refractivity contribution in [3.8, 4) is 5.75 Å². The quantitative estimate of drug-likeness (QED) is 0.829. The maximum atomic E-state index is 11.8. The number of benzene rings is 1. The number of methoxy groups -OCH3 is 1. The second-order valence-corrected chi connectivity index (χ2v) is 5.26. The summed E-state index contributed by atoms with van der Waals surface area (Å²) in [7, 11) is 1.62. The summed E-state index contributed by atoms with van der Waals surface area (Å²) in [6, 6.07) is 7.48. The van der Waals surface area contributed by atoms with Crippen molar-refractivity contribution in [2.24, 2.45) is 5.73 Å². The minimum absolute atomic E-state index is 0.208. The van der Waals surface area contributed by atoms with Gasteiger partial charge in [0.15, 0.2) is 0 Å². The molecule has 4 nitrogen and oxygen atoms in total. The maximum Gasteiger partial charge on any atom is 0.307 e. The third kappa shape index (κ3) is 3.96. The number of rotatable bonds is 5. The van der Waals surface area contributed by atoms with Crippen LogP contribution < -0.4 is 10.5 Å². The highest BCUT2D eigenvalue weighted by atomic mass is 16.5.